The molecule has 0 aliphatic heterocycles. The third kappa shape index (κ3) is 5.40. The third-order valence-corrected chi connectivity index (χ3v) is 3.99. The fraction of sp³-hybridized carbons (Fsp3) is 0.438. The predicted octanol–water partition coefficient (Wildman–Crippen LogP) is 2.59. The third-order valence-electron chi connectivity index (χ3n) is 3.22. The van der Waals surface area contributed by atoms with Crippen LogP contribution >= 0.6 is 22.6 Å². The number of halogens is 1. The molecule has 0 N–H and O–H groups in total. The van der Waals surface area contributed by atoms with Crippen LogP contribution in [-0.2, 0) is 25.5 Å². The Morgan fingerprint density at radius 3 is 2.05 bits per heavy atom. The summed E-state index contributed by atoms with van der Waals surface area (Å²) in [6.07, 6.45) is 1.56. The van der Waals surface area contributed by atoms with E-state index in [2.05, 4.69) is 32.1 Å². The molecule has 0 saturated heterocycles. The molecule has 0 spiro atoms. The van der Waals surface area contributed by atoms with Crippen molar-refractivity contribution in [3.05, 3.63) is 35.4 Å². The van der Waals surface area contributed by atoms with Crippen LogP contribution in [0.2, 0.25) is 0 Å². The molecule has 0 radical (unpaired) electrons. The van der Waals surface area contributed by atoms with E-state index >= 15 is 0 Å². The first-order valence-corrected chi connectivity index (χ1v) is 8.39. The predicted molar refractivity (Wildman–Crippen MR) is 90.1 cm³/mol. The van der Waals surface area contributed by atoms with Crippen molar-refractivity contribution in [2.75, 3.05) is 18.6 Å². The van der Waals surface area contributed by atoms with E-state index < -0.39 is 17.9 Å². The number of methoxy groups -OCH3 is 2. The molecule has 0 atom stereocenters. The van der Waals surface area contributed by atoms with Crippen molar-refractivity contribution in [1.82, 2.24) is 0 Å². The van der Waals surface area contributed by atoms with Gasteiger partial charge in [0.2, 0.25) is 0 Å². The Balaban J connectivity index is 2.78. The van der Waals surface area contributed by atoms with Crippen molar-refractivity contribution in [2.24, 2.45) is 5.92 Å². The Kier molecular flexibility index (Phi) is 8.08. The van der Waals surface area contributed by atoms with Gasteiger partial charge >= 0.3 is 11.9 Å². The Bertz CT molecular complexity index is 508. The van der Waals surface area contributed by atoms with E-state index in [1.807, 2.05) is 0 Å². The van der Waals surface area contributed by atoms with Gasteiger partial charge in [-0.1, -0.05) is 46.9 Å². The maximum atomic E-state index is 11.9. The molecular formula is C16H19IO5. The van der Waals surface area contributed by atoms with Crippen molar-refractivity contribution in [3.63, 3.8) is 0 Å². The largest absolute Gasteiger partial charge is 0.468 e. The van der Waals surface area contributed by atoms with Gasteiger partial charge < -0.3 is 9.47 Å². The van der Waals surface area contributed by atoms with E-state index in [1.54, 1.807) is 24.3 Å². The quantitative estimate of drug-likeness (QED) is 0.214. The minimum Gasteiger partial charge on any atom is -0.468 e. The lowest BCUT2D eigenvalue weighted by Crippen LogP contribution is -2.28. The van der Waals surface area contributed by atoms with Crippen molar-refractivity contribution >= 4 is 40.3 Å². The summed E-state index contributed by atoms with van der Waals surface area (Å²) in [5.41, 5.74) is 1.41. The van der Waals surface area contributed by atoms with Gasteiger partial charge in [0.1, 0.15) is 0 Å². The van der Waals surface area contributed by atoms with Gasteiger partial charge in [-0.15, -0.1) is 0 Å². The number of carbonyl (C=O) groups is 3. The molecule has 5 nitrogen and oxygen atoms in total. The van der Waals surface area contributed by atoms with Gasteiger partial charge in [0.05, 0.1) is 14.2 Å². The first-order chi connectivity index (χ1) is 10.5. The molecule has 1 rings (SSSR count). The van der Waals surface area contributed by atoms with E-state index in [9.17, 15) is 14.4 Å². The molecule has 1 aromatic carbocycles. The van der Waals surface area contributed by atoms with E-state index in [-0.39, 0.29) is 12.2 Å². The maximum absolute atomic E-state index is 11.9. The fourth-order valence-corrected chi connectivity index (χ4v) is 2.36. The lowest BCUT2D eigenvalue weighted by atomic mass is 9.97. The van der Waals surface area contributed by atoms with E-state index in [1.165, 1.54) is 14.2 Å². The number of Topliss-reactive ketones (excluding diaryl/α,β-unsaturated/α-hetero) is 1. The van der Waals surface area contributed by atoms with Crippen molar-refractivity contribution in [3.8, 4) is 0 Å². The Morgan fingerprint density at radius 1 is 1.05 bits per heavy atom. The normalized spacial score (nSPS) is 10.4. The molecule has 0 aromatic heterocycles. The van der Waals surface area contributed by atoms with E-state index in [0.29, 0.717) is 12.0 Å². The standard InChI is InChI=1S/C16H19IO5/c1-21-15(19)13(16(20)22-2)10-11-5-7-12(8-6-11)14(18)4-3-9-17/h5-8,13H,3-4,9-10H2,1-2H3. The van der Waals surface area contributed by atoms with Crippen LogP contribution < -0.4 is 0 Å². The molecule has 0 amide bonds. The summed E-state index contributed by atoms with van der Waals surface area (Å²) >= 11 is 2.24. The van der Waals surface area contributed by atoms with Gasteiger partial charge in [-0.05, 0) is 22.8 Å². The van der Waals surface area contributed by atoms with Gasteiger partial charge in [0.25, 0.3) is 0 Å². The second-order valence-corrected chi connectivity index (χ2v) is 5.79. The monoisotopic (exact) mass is 418 g/mol. The highest BCUT2D eigenvalue weighted by atomic mass is 127. The van der Waals surface area contributed by atoms with Gasteiger partial charge in [-0.2, -0.15) is 0 Å². The summed E-state index contributed by atoms with van der Waals surface area (Å²) < 4.78 is 10.2. The fourth-order valence-electron chi connectivity index (χ4n) is 1.98. The van der Waals surface area contributed by atoms with Crippen molar-refractivity contribution < 1.29 is 23.9 Å². The second-order valence-electron chi connectivity index (χ2n) is 4.72. The van der Waals surface area contributed by atoms with E-state index in [0.717, 1.165) is 16.4 Å². The van der Waals surface area contributed by atoms with Crippen LogP contribution in [0.25, 0.3) is 0 Å². The molecule has 0 aliphatic rings. The zero-order valence-corrected chi connectivity index (χ0v) is 14.8. The number of rotatable bonds is 8. The average molecular weight is 418 g/mol. The zero-order valence-electron chi connectivity index (χ0n) is 12.6. The van der Waals surface area contributed by atoms with Crippen LogP contribution in [0.1, 0.15) is 28.8 Å². The van der Waals surface area contributed by atoms with Crippen LogP contribution in [-0.4, -0.2) is 36.4 Å². The minimum atomic E-state index is -0.990. The van der Waals surface area contributed by atoms with Crippen LogP contribution in [0.4, 0.5) is 0 Å². The molecule has 0 heterocycles. The highest BCUT2D eigenvalue weighted by Crippen LogP contribution is 2.15. The summed E-state index contributed by atoms with van der Waals surface area (Å²) in [5.74, 6) is -2.15. The van der Waals surface area contributed by atoms with Crippen molar-refractivity contribution in [2.45, 2.75) is 19.3 Å². The topological polar surface area (TPSA) is 69.7 Å². The highest BCUT2D eigenvalue weighted by Gasteiger charge is 2.28. The number of ketones is 1. The molecule has 120 valence electrons. The lowest BCUT2D eigenvalue weighted by Gasteiger charge is -2.12. The molecule has 22 heavy (non-hydrogen) atoms. The number of ether oxygens (including phenoxy) is 2. The van der Waals surface area contributed by atoms with E-state index in [4.69, 9.17) is 0 Å². The minimum absolute atomic E-state index is 0.0979. The Morgan fingerprint density at radius 2 is 1.59 bits per heavy atom. The van der Waals surface area contributed by atoms with Gasteiger partial charge in [-0.3, -0.25) is 14.4 Å². The van der Waals surface area contributed by atoms with Crippen molar-refractivity contribution in [1.29, 1.82) is 0 Å². The van der Waals surface area contributed by atoms with Gasteiger partial charge in [0, 0.05) is 12.0 Å². The molecule has 0 aliphatic carbocycles. The van der Waals surface area contributed by atoms with Crippen LogP contribution in [0.15, 0.2) is 24.3 Å². The summed E-state index contributed by atoms with van der Waals surface area (Å²) in [4.78, 5) is 35.2. The number of hydrogen-bond acceptors (Lipinski definition) is 5. The van der Waals surface area contributed by atoms with Gasteiger partial charge in [-0.25, -0.2) is 0 Å². The lowest BCUT2D eigenvalue weighted by molar-refractivity contribution is -0.158. The summed E-state index contributed by atoms with van der Waals surface area (Å²) in [7, 11) is 2.46. The molecular weight excluding hydrogens is 399 g/mol. The second kappa shape index (κ2) is 9.55. The smallest absolute Gasteiger partial charge is 0.320 e. The number of alkyl halides is 1. The molecule has 6 heteroatoms. The Hall–Kier alpha value is -1.44. The molecule has 0 saturated carbocycles. The highest BCUT2D eigenvalue weighted by molar-refractivity contribution is 14.1. The van der Waals surface area contributed by atoms with Gasteiger partial charge in [0.15, 0.2) is 11.7 Å². The molecule has 0 unspecified atom stereocenters. The number of esters is 2. The first-order valence-electron chi connectivity index (χ1n) is 6.87. The number of benzene rings is 1. The summed E-state index contributed by atoms with van der Waals surface area (Å²) in [6.45, 7) is 0. The first kappa shape index (κ1) is 18.6. The molecule has 1 aromatic rings. The summed E-state index contributed by atoms with van der Waals surface area (Å²) in [5, 5.41) is 0. The maximum Gasteiger partial charge on any atom is 0.320 e. The molecule has 0 fully saturated rings. The van der Waals surface area contributed by atoms with Crippen LogP contribution in [0.5, 0.6) is 0 Å². The summed E-state index contributed by atoms with van der Waals surface area (Å²) in [6, 6.07) is 6.93. The number of hydrogen-bond donors (Lipinski definition) is 0. The van der Waals surface area contributed by atoms with Crippen LogP contribution in [0.3, 0.4) is 0 Å². The molecule has 0 bridgehead atoms. The zero-order chi connectivity index (χ0) is 16.5. The van der Waals surface area contributed by atoms with Crippen LogP contribution in [0, 0.1) is 5.92 Å². The Labute approximate surface area is 143 Å². The number of carbonyl (C=O) groups excluding carboxylic acids is 3. The average Bonchev–Trinajstić information content (AvgIpc) is 2.56. The SMILES string of the molecule is COC(=O)C(Cc1ccc(C(=O)CCCI)cc1)C(=O)OC.